The molecular formula is C20H14ClF2N9O. The highest BCUT2D eigenvalue weighted by Gasteiger charge is 2.43. The molecule has 166 valence electrons. The molecule has 1 amide bonds. The van der Waals surface area contributed by atoms with Crippen molar-refractivity contribution in [2.24, 2.45) is 5.92 Å². The third kappa shape index (κ3) is 3.30. The smallest absolute Gasteiger partial charge is 0.231 e. The zero-order valence-electron chi connectivity index (χ0n) is 16.7. The average molecular weight is 470 g/mol. The van der Waals surface area contributed by atoms with E-state index in [1.165, 1.54) is 11.1 Å². The Morgan fingerprint density at radius 2 is 2.18 bits per heavy atom. The first-order valence-corrected chi connectivity index (χ1v) is 10.3. The number of H-pyrrole nitrogens is 1. The van der Waals surface area contributed by atoms with Gasteiger partial charge in [0.25, 0.3) is 0 Å². The maximum atomic E-state index is 15.4. The molecular weight excluding hydrogens is 456 g/mol. The van der Waals surface area contributed by atoms with Gasteiger partial charge in [0, 0.05) is 28.3 Å². The van der Waals surface area contributed by atoms with Crippen LogP contribution in [0.1, 0.15) is 12.0 Å². The van der Waals surface area contributed by atoms with E-state index < -0.39 is 23.8 Å². The molecule has 1 aromatic carbocycles. The molecule has 10 nitrogen and oxygen atoms in total. The molecule has 13 heteroatoms. The summed E-state index contributed by atoms with van der Waals surface area (Å²) in [7, 11) is 0. The summed E-state index contributed by atoms with van der Waals surface area (Å²) in [6, 6.07) is 3.46. The van der Waals surface area contributed by atoms with E-state index >= 15 is 4.39 Å². The van der Waals surface area contributed by atoms with Gasteiger partial charge < -0.3 is 9.72 Å². The van der Waals surface area contributed by atoms with E-state index in [-0.39, 0.29) is 23.6 Å². The van der Waals surface area contributed by atoms with Crippen molar-refractivity contribution in [3.63, 3.8) is 0 Å². The van der Waals surface area contributed by atoms with E-state index in [1.807, 2.05) is 0 Å². The first kappa shape index (κ1) is 19.7. The number of carbonyl (C=O) groups excluding carboxylic acids is 1. The summed E-state index contributed by atoms with van der Waals surface area (Å²) in [6.07, 6.45) is 5.30. The van der Waals surface area contributed by atoms with Crippen LogP contribution in [0.4, 0.5) is 14.6 Å². The second kappa shape index (κ2) is 7.30. The topological polar surface area (TPSA) is 119 Å². The first-order chi connectivity index (χ1) is 16.0. The molecule has 1 aliphatic rings. The molecule has 0 spiro atoms. The van der Waals surface area contributed by atoms with Crippen LogP contribution in [-0.4, -0.2) is 51.9 Å². The summed E-state index contributed by atoms with van der Waals surface area (Å²) in [5, 5.41) is 21.4. The second-order valence-electron chi connectivity index (χ2n) is 7.76. The van der Waals surface area contributed by atoms with Gasteiger partial charge in [0.15, 0.2) is 12.1 Å². The predicted octanol–water partition coefficient (Wildman–Crippen LogP) is 3.00. The normalized spacial score (nSPS) is 17.7. The zero-order chi connectivity index (χ0) is 22.7. The third-order valence-corrected chi connectivity index (χ3v) is 5.97. The van der Waals surface area contributed by atoms with Crippen LogP contribution < -0.4 is 5.32 Å². The van der Waals surface area contributed by atoms with Crippen LogP contribution in [-0.2, 0) is 11.3 Å². The van der Waals surface area contributed by atoms with Crippen LogP contribution in [0.3, 0.4) is 0 Å². The highest BCUT2D eigenvalue weighted by atomic mass is 35.5. The van der Waals surface area contributed by atoms with Gasteiger partial charge in [-0.05, 0) is 23.8 Å². The number of tetrazole rings is 1. The molecule has 1 aliphatic carbocycles. The zero-order valence-corrected chi connectivity index (χ0v) is 17.5. The molecule has 0 bridgehead atoms. The number of amides is 1. The summed E-state index contributed by atoms with van der Waals surface area (Å²) < 4.78 is 30.2. The Bertz CT molecular complexity index is 1530. The van der Waals surface area contributed by atoms with Crippen LogP contribution in [0.25, 0.3) is 27.7 Å². The van der Waals surface area contributed by atoms with E-state index in [0.29, 0.717) is 33.5 Å². The van der Waals surface area contributed by atoms with Gasteiger partial charge in [0.05, 0.1) is 35.4 Å². The summed E-state index contributed by atoms with van der Waals surface area (Å²) >= 11 is 6.49. The molecule has 4 aromatic heterocycles. The Labute approximate surface area is 188 Å². The minimum Gasteiger partial charge on any atom is -0.309 e. The molecule has 33 heavy (non-hydrogen) atoms. The maximum Gasteiger partial charge on any atom is 0.231 e. The molecule has 0 radical (unpaired) electrons. The van der Waals surface area contributed by atoms with Crippen LogP contribution in [0.15, 0.2) is 37.1 Å². The lowest BCUT2D eigenvalue weighted by molar-refractivity contribution is -0.117. The Kier molecular flexibility index (Phi) is 4.37. The Morgan fingerprint density at radius 3 is 2.94 bits per heavy atom. The number of aromatic nitrogens is 8. The number of nitrogens with zero attached hydrogens (tertiary/aromatic N) is 7. The van der Waals surface area contributed by atoms with Gasteiger partial charge in [0.1, 0.15) is 17.6 Å². The number of imidazole rings is 1. The van der Waals surface area contributed by atoms with Crippen LogP contribution in [0.5, 0.6) is 0 Å². The van der Waals surface area contributed by atoms with Gasteiger partial charge in [-0.15, -0.1) is 10.2 Å². The Hall–Kier alpha value is -3.93. The molecule has 5 aromatic rings. The number of rotatable bonds is 5. The number of anilines is 1. The van der Waals surface area contributed by atoms with Crippen molar-refractivity contribution >= 4 is 39.9 Å². The minimum atomic E-state index is -1.09. The van der Waals surface area contributed by atoms with Gasteiger partial charge in [-0.3, -0.25) is 9.89 Å². The van der Waals surface area contributed by atoms with Crippen LogP contribution >= 0.6 is 11.6 Å². The summed E-state index contributed by atoms with van der Waals surface area (Å²) in [4.78, 5) is 17.6. The molecule has 2 atom stereocenters. The average Bonchev–Trinajstić information content (AvgIpc) is 3.22. The highest BCUT2D eigenvalue weighted by Crippen LogP contribution is 2.39. The molecule has 0 aliphatic heterocycles. The van der Waals surface area contributed by atoms with Gasteiger partial charge in [-0.2, -0.15) is 9.90 Å². The number of carbonyl (C=O) groups is 1. The number of halogens is 3. The number of hydrogen-bond acceptors (Lipinski definition) is 6. The second-order valence-corrected chi connectivity index (χ2v) is 8.14. The van der Waals surface area contributed by atoms with Gasteiger partial charge in [-0.25, -0.2) is 13.8 Å². The number of aromatic amines is 1. The van der Waals surface area contributed by atoms with E-state index in [4.69, 9.17) is 11.6 Å². The van der Waals surface area contributed by atoms with Crippen molar-refractivity contribution in [1.82, 2.24) is 39.8 Å². The number of alkyl halides is 1. The van der Waals surface area contributed by atoms with Crippen molar-refractivity contribution in [3.05, 3.63) is 53.5 Å². The minimum absolute atomic E-state index is 0.0227. The molecule has 0 saturated heterocycles. The maximum absolute atomic E-state index is 15.4. The molecule has 1 saturated carbocycles. The third-order valence-electron chi connectivity index (χ3n) is 5.62. The van der Waals surface area contributed by atoms with Crippen molar-refractivity contribution in [1.29, 1.82) is 0 Å². The van der Waals surface area contributed by atoms with E-state index in [1.54, 1.807) is 35.1 Å². The summed E-state index contributed by atoms with van der Waals surface area (Å²) in [5.74, 6) is -1.33. The fraction of sp³-hybridized carbons (Fsp3) is 0.200. The SMILES string of the molecule is O=C(Nc1cn2cc(-c3c(Cl)c(F)c(Cn4ncnn4)c4[nH]ncc34)ccc2n1)[C@@H]1C[C@@H]1F. The lowest BCUT2D eigenvalue weighted by atomic mass is 9.99. The number of nitrogens with one attached hydrogen (secondary N) is 2. The molecule has 6 rings (SSSR count). The van der Waals surface area contributed by atoms with Gasteiger partial charge in [0.2, 0.25) is 5.91 Å². The van der Waals surface area contributed by atoms with E-state index in [0.717, 1.165) is 0 Å². The van der Waals surface area contributed by atoms with Gasteiger partial charge in [-0.1, -0.05) is 11.6 Å². The summed E-state index contributed by atoms with van der Waals surface area (Å²) in [5.41, 5.74) is 2.34. The fourth-order valence-corrected chi connectivity index (χ4v) is 4.19. The first-order valence-electron chi connectivity index (χ1n) is 9.97. The van der Waals surface area contributed by atoms with E-state index in [9.17, 15) is 9.18 Å². The molecule has 2 N–H and O–H groups in total. The lowest BCUT2D eigenvalue weighted by Gasteiger charge is -2.12. The van der Waals surface area contributed by atoms with Crippen molar-refractivity contribution < 1.29 is 13.6 Å². The number of pyridine rings is 1. The van der Waals surface area contributed by atoms with Crippen LogP contribution in [0.2, 0.25) is 5.02 Å². The van der Waals surface area contributed by atoms with Crippen molar-refractivity contribution in [3.8, 4) is 11.1 Å². The summed E-state index contributed by atoms with van der Waals surface area (Å²) in [6.45, 7) is 0.0227. The van der Waals surface area contributed by atoms with Crippen LogP contribution in [0, 0.1) is 11.7 Å². The monoisotopic (exact) mass is 469 g/mol. The van der Waals surface area contributed by atoms with Crippen molar-refractivity contribution in [2.75, 3.05) is 5.32 Å². The Balaban J connectivity index is 1.41. The standard InChI is InChI=1S/C20H14ClF2N9O/c21-17-16(11-4-24-29-19(11)12(18(17)23)6-32-26-8-25-30-32)9-1-2-15-27-14(7-31(15)5-9)28-20(33)10-3-13(10)22/h1-2,4-5,7-8,10,13H,3,6H2,(H,24,29)(H,28,33)/t10-,13+/m1/s1. The largest absolute Gasteiger partial charge is 0.309 e. The molecule has 1 fully saturated rings. The van der Waals surface area contributed by atoms with E-state index in [2.05, 4.69) is 35.9 Å². The number of fused-ring (bicyclic) bond motifs is 2. The Morgan fingerprint density at radius 1 is 1.33 bits per heavy atom. The highest BCUT2D eigenvalue weighted by molar-refractivity contribution is 6.35. The predicted molar refractivity (Wildman–Crippen MR) is 114 cm³/mol. The van der Waals surface area contributed by atoms with Gasteiger partial charge >= 0.3 is 0 Å². The fourth-order valence-electron chi connectivity index (χ4n) is 3.86. The number of hydrogen-bond donors (Lipinski definition) is 2. The van der Waals surface area contributed by atoms with Crippen molar-refractivity contribution in [2.45, 2.75) is 19.1 Å². The quantitative estimate of drug-likeness (QED) is 0.408. The molecule has 0 unspecified atom stereocenters. The lowest BCUT2D eigenvalue weighted by Crippen LogP contribution is -2.15. The number of benzene rings is 1. The molecule has 4 heterocycles.